The molecular formula is C38H75N2+. The van der Waals surface area contributed by atoms with Crippen LogP contribution in [0, 0.1) is 0 Å². The molecule has 2 heteroatoms. The van der Waals surface area contributed by atoms with Crippen LogP contribution in [0.2, 0.25) is 0 Å². The van der Waals surface area contributed by atoms with Crippen LogP contribution in [0.4, 0.5) is 0 Å². The fourth-order valence-electron chi connectivity index (χ4n) is 6.39. The van der Waals surface area contributed by atoms with Gasteiger partial charge in [-0.1, -0.05) is 181 Å². The van der Waals surface area contributed by atoms with E-state index in [1.165, 1.54) is 206 Å². The molecule has 0 spiro atoms. The van der Waals surface area contributed by atoms with E-state index >= 15 is 0 Å². The second-order valence-corrected chi connectivity index (χ2v) is 13.0. The number of aryl methyl sites for hydroxylation is 2. The van der Waals surface area contributed by atoms with Crippen LogP contribution in [0.5, 0.6) is 0 Å². The molecule has 0 aliphatic carbocycles. The molecule has 0 saturated heterocycles. The summed E-state index contributed by atoms with van der Waals surface area (Å²) in [5, 5.41) is 0. The highest BCUT2D eigenvalue weighted by Crippen LogP contribution is 2.15. The van der Waals surface area contributed by atoms with Crippen molar-refractivity contribution in [2.75, 3.05) is 0 Å². The van der Waals surface area contributed by atoms with Crippen molar-refractivity contribution in [3.05, 3.63) is 18.2 Å². The second kappa shape index (κ2) is 29.7. The van der Waals surface area contributed by atoms with Crippen LogP contribution < -0.4 is 4.57 Å². The van der Waals surface area contributed by atoms with E-state index in [0.29, 0.717) is 0 Å². The van der Waals surface area contributed by atoms with Crippen LogP contribution in [0.25, 0.3) is 0 Å². The fraction of sp³-hybridized carbons (Fsp3) is 0.921. The Labute approximate surface area is 253 Å². The summed E-state index contributed by atoms with van der Waals surface area (Å²) >= 11 is 0. The summed E-state index contributed by atoms with van der Waals surface area (Å²) in [6.07, 6.45) is 47.6. The summed E-state index contributed by atoms with van der Waals surface area (Å²) in [6.45, 7) is 9.33. The van der Waals surface area contributed by atoms with Crippen molar-refractivity contribution in [3.8, 4) is 0 Å². The highest BCUT2D eigenvalue weighted by Gasteiger charge is 2.15. The Morgan fingerprint density at radius 1 is 0.425 bits per heavy atom. The number of hydrogen-bond acceptors (Lipinski definition) is 0. The lowest BCUT2D eigenvalue weighted by atomic mass is 10.0. The smallest absolute Gasteiger partial charge is 0.234 e. The minimum absolute atomic E-state index is 1.18. The average molecular weight is 560 g/mol. The highest BCUT2D eigenvalue weighted by atomic mass is 15.1. The van der Waals surface area contributed by atoms with Crippen LogP contribution in [-0.4, -0.2) is 4.57 Å². The molecule has 1 aromatic heterocycles. The summed E-state index contributed by atoms with van der Waals surface area (Å²) in [4.78, 5) is 0. The Kier molecular flexibility index (Phi) is 27.6. The van der Waals surface area contributed by atoms with E-state index in [1.54, 1.807) is 5.82 Å². The topological polar surface area (TPSA) is 8.81 Å². The van der Waals surface area contributed by atoms with E-state index < -0.39 is 0 Å². The minimum Gasteiger partial charge on any atom is -0.234 e. The van der Waals surface area contributed by atoms with Gasteiger partial charge in [-0.2, -0.15) is 0 Å². The van der Waals surface area contributed by atoms with Gasteiger partial charge in [0.2, 0.25) is 0 Å². The number of nitrogens with zero attached hydrogens (tertiary/aromatic N) is 2. The van der Waals surface area contributed by atoms with Crippen molar-refractivity contribution in [2.24, 2.45) is 0 Å². The monoisotopic (exact) mass is 560 g/mol. The molecule has 1 heterocycles. The van der Waals surface area contributed by atoms with Crippen LogP contribution in [0.1, 0.15) is 213 Å². The normalized spacial score (nSPS) is 11.6. The van der Waals surface area contributed by atoms with Gasteiger partial charge >= 0.3 is 0 Å². The zero-order chi connectivity index (χ0) is 28.8. The Balaban J connectivity index is 2.04. The van der Waals surface area contributed by atoms with Gasteiger partial charge in [0.05, 0.1) is 13.1 Å². The van der Waals surface area contributed by atoms with Crippen molar-refractivity contribution < 1.29 is 4.57 Å². The van der Waals surface area contributed by atoms with Crippen molar-refractivity contribution in [1.29, 1.82) is 0 Å². The summed E-state index contributed by atoms with van der Waals surface area (Å²) in [5.74, 6) is 1.59. The van der Waals surface area contributed by atoms with E-state index in [4.69, 9.17) is 0 Å². The van der Waals surface area contributed by atoms with Crippen LogP contribution in [0.3, 0.4) is 0 Å². The number of aromatic nitrogens is 2. The first kappa shape index (κ1) is 37.2. The molecule has 1 aromatic rings. The van der Waals surface area contributed by atoms with Gasteiger partial charge in [0.1, 0.15) is 12.4 Å². The lowest BCUT2D eigenvalue weighted by molar-refractivity contribution is -0.704. The lowest BCUT2D eigenvalue weighted by Gasteiger charge is -2.06. The Morgan fingerprint density at radius 2 is 0.775 bits per heavy atom. The predicted octanol–water partition coefficient (Wildman–Crippen LogP) is 12.7. The molecule has 0 aliphatic heterocycles. The molecule has 0 aliphatic rings. The summed E-state index contributed by atoms with van der Waals surface area (Å²) < 4.78 is 5.14. The van der Waals surface area contributed by atoms with Crippen LogP contribution in [0.15, 0.2) is 12.4 Å². The summed E-state index contributed by atoms with van der Waals surface area (Å²) in [7, 11) is 0. The first-order valence-corrected chi connectivity index (χ1v) is 18.9. The molecule has 2 nitrogen and oxygen atoms in total. The van der Waals surface area contributed by atoms with Crippen molar-refractivity contribution in [3.63, 3.8) is 0 Å². The van der Waals surface area contributed by atoms with Crippen molar-refractivity contribution in [1.82, 2.24) is 4.57 Å². The molecule has 1 rings (SSSR count). The number of rotatable bonds is 32. The molecule has 0 fully saturated rings. The average Bonchev–Trinajstić information content (AvgIpc) is 3.34. The second-order valence-electron chi connectivity index (χ2n) is 13.0. The standard InChI is InChI=1S/C38H75N2/c1-4-7-9-11-13-15-17-19-20-21-23-25-27-29-31-33-38-39(34-6-3)36-37-40(38)35-32-30-28-26-24-22-18-16-14-12-10-8-5-2/h36-37H,4-35H2,1-3H3/q+1. The van der Waals surface area contributed by atoms with E-state index in [9.17, 15) is 0 Å². The van der Waals surface area contributed by atoms with E-state index in [-0.39, 0.29) is 0 Å². The third-order valence-corrected chi connectivity index (χ3v) is 9.06. The number of unbranched alkanes of at least 4 members (excludes halogenated alkanes) is 26. The predicted molar refractivity (Wildman–Crippen MR) is 179 cm³/mol. The Bertz CT molecular complexity index is 619. The first-order valence-electron chi connectivity index (χ1n) is 18.9. The molecule has 0 unspecified atom stereocenters. The van der Waals surface area contributed by atoms with Gasteiger partial charge in [0.25, 0.3) is 5.82 Å². The molecular weight excluding hydrogens is 484 g/mol. The SMILES string of the molecule is CCCCCCCCCCCCCCCCCc1n(CCC)cc[n+]1CCCCCCCCCCCCCCC. The molecule has 0 amide bonds. The van der Waals surface area contributed by atoms with Crippen LogP contribution >= 0.6 is 0 Å². The number of hydrogen-bond donors (Lipinski definition) is 0. The zero-order valence-electron chi connectivity index (χ0n) is 28.2. The van der Waals surface area contributed by atoms with Crippen LogP contribution in [-0.2, 0) is 19.5 Å². The summed E-state index contributed by atoms with van der Waals surface area (Å²) in [5.41, 5.74) is 0. The van der Waals surface area contributed by atoms with E-state index in [0.717, 1.165) is 0 Å². The van der Waals surface area contributed by atoms with Crippen molar-refractivity contribution in [2.45, 2.75) is 226 Å². The largest absolute Gasteiger partial charge is 0.256 e. The van der Waals surface area contributed by atoms with Gasteiger partial charge in [-0.3, -0.25) is 0 Å². The van der Waals surface area contributed by atoms with Gasteiger partial charge in [0, 0.05) is 6.42 Å². The number of imidazole rings is 1. The lowest BCUT2D eigenvalue weighted by Crippen LogP contribution is -2.37. The molecule has 0 N–H and O–H groups in total. The van der Waals surface area contributed by atoms with E-state index in [1.807, 2.05) is 0 Å². The quantitative estimate of drug-likeness (QED) is 0.0613. The van der Waals surface area contributed by atoms with Crippen molar-refractivity contribution >= 4 is 0 Å². The first-order chi connectivity index (χ1) is 19.8. The Morgan fingerprint density at radius 3 is 1.15 bits per heavy atom. The zero-order valence-corrected chi connectivity index (χ0v) is 28.2. The molecule has 40 heavy (non-hydrogen) atoms. The third-order valence-electron chi connectivity index (χ3n) is 9.06. The minimum atomic E-state index is 1.18. The third kappa shape index (κ3) is 21.9. The van der Waals surface area contributed by atoms with Gasteiger partial charge in [0.15, 0.2) is 0 Å². The molecule has 0 saturated carbocycles. The van der Waals surface area contributed by atoms with E-state index in [2.05, 4.69) is 42.3 Å². The fourth-order valence-corrected chi connectivity index (χ4v) is 6.39. The summed E-state index contributed by atoms with van der Waals surface area (Å²) in [6, 6.07) is 0. The maximum Gasteiger partial charge on any atom is 0.256 e. The molecule has 0 aromatic carbocycles. The molecule has 0 bridgehead atoms. The maximum absolute atomic E-state index is 2.60. The highest BCUT2D eigenvalue weighted by molar-refractivity contribution is 4.84. The van der Waals surface area contributed by atoms with Gasteiger partial charge in [-0.05, 0) is 25.7 Å². The Hall–Kier alpha value is -0.790. The van der Waals surface area contributed by atoms with Gasteiger partial charge in [-0.15, -0.1) is 0 Å². The molecule has 0 atom stereocenters. The molecule has 0 radical (unpaired) electrons. The maximum atomic E-state index is 2.60. The van der Waals surface area contributed by atoms with Gasteiger partial charge in [-0.25, -0.2) is 9.13 Å². The van der Waals surface area contributed by atoms with Gasteiger partial charge < -0.3 is 0 Å². The molecule has 236 valence electrons.